The maximum absolute atomic E-state index is 12.9. The second-order valence-electron chi connectivity index (χ2n) is 4.20. The van der Waals surface area contributed by atoms with Crippen LogP contribution in [0, 0.1) is 5.82 Å². The van der Waals surface area contributed by atoms with Gasteiger partial charge in [-0.3, -0.25) is 0 Å². The third kappa shape index (κ3) is 3.40. The van der Waals surface area contributed by atoms with Crippen LogP contribution in [0.1, 0.15) is 11.1 Å². The van der Waals surface area contributed by atoms with Crippen LogP contribution >= 0.6 is 0 Å². The molecule has 0 heterocycles. The first-order valence-corrected chi connectivity index (χ1v) is 5.75. The second-order valence-corrected chi connectivity index (χ2v) is 4.20. The van der Waals surface area contributed by atoms with Gasteiger partial charge in [0.05, 0.1) is 5.56 Å². The minimum absolute atomic E-state index is 0.0491. The van der Waals surface area contributed by atoms with Crippen molar-refractivity contribution in [3.05, 3.63) is 59.4 Å². The highest BCUT2D eigenvalue weighted by atomic mass is 19.4. The largest absolute Gasteiger partial charge is 0.508 e. The Kier molecular flexibility index (Phi) is 3.83. The summed E-state index contributed by atoms with van der Waals surface area (Å²) in [4.78, 5) is 0. The monoisotopic (exact) mass is 285 g/mol. The first-order valence-electron chi connectivity index (χ1n) is 5.75. The van der Waals surface area contributed by atoms with Gasteiger partial charge in [0.2, 0.25) is 0 Å². The Morgan fingerprint density at radius 3 is 2.25 bits per heavy atom. The fourth-order valence-corrected chi connectivity index (χ4v) is 1.74. The van der Waals surface area contributed by atoms with Gasteiger partial charge in [-0.1, -0.05) is 6.07 Å². The van der Waals surface area contributed by atoms with Crippen molar-refractivity contribution in [3.8, 4) is 5.75 Å². The fourth-order valence-electron chi connectivity index (χ4n) is 1.74. The lowest BCUT2D eigenvalue weighted by atomic mass is 10.1. The third-order valence-electron chi connectivity index (χ3n) is 2.73. The summed E-state index contributed by atoms with van der Waals surface area (Å²) < 4.78 is 51.3. The molecule has 0 aromatic heterocycles. The van der Waals surface area contributed by atoms with Crippen molar-refractivity contribution in [2.75, 3.05) is 5.32 Å². The predicted molar refractivity (Wildman–Crippen MR) is 66.8 cm³/mol. The molecule has 2 nitrogen and oxygen atoms in total. The van der Waals surface area contributed by atoms with Crippen LogP contribution in [0.2, 0.25) is 0 Å². The summed E-state index contributed by atoms with van der Waals surface area (Å²) in [5, 5.41) is 11.9. The SMILES string of the molecule is Oc1ccc(NCc2ccc(F)cc2C(F)(F)F)cc1. The molecule has 0 saturated heterocycles. The zero-order chi connectivity index (χ0) is 14.8. The highest BCUT2D eigenvalue weighted by Crippen LogP contribution is 2.32. The molecular formula is C14H11F4NO. The van der Waals surface area contributed by atoms with Crippen molar-refractivity contribution < 1.29 is 22.7 Å². The van der Waals surface area contributed by atoms with Gasteiger partial charge in [0.25, 0.3) is 0 Å². The van der Waals surface area contributed by atoms with Gasteiger partial charge < -0.3 is 10.4 Å². The van der Waals surface area contributed by atoms with Crippen LogP contribution < -0.4 is 5.32 Å². The van der Waals surface area contributed by atoms with E-state index in [4.69, 9.17) is 5.11 Å². The molecule has 2 aromatic carbocycles. The lowest BCUT2D eigenvalue weighted by Gasteiger charge is -2.14. The van der Waals surface area contributed by atoms with Crippen LogP contribution in [-0.2, 0) is 12.7 Å². The van der Waals surface area contributed by atoms with Gasteiger partial charge in [-0.25, -0.2) is 4.39 Å². The maximum atomic E-state index is 12.9. The van der Waals surface area contributed by atoms with E-state index in [9.17, 15) is 17.6 Å². The Labute approximate surface area is 112 Å². The van der Waals surface area contributed by atoms with Crippen molar-refractivity contribution in [2.24, 2.45) is 0 Å². The number of phenols is 1. The predicted octanol–water partition coefficient (Wildman–Crippen LogP) is 4.16. The van der Waals surface area contributed by atoms with Crippen molar-refractivity contribution in [3.63, 3.8) is 0 Å². The second kappa shape index (κ2) is 5.40. The van der Waals surface area contributed by atoms with E-state index in [0.29, 0.717) is 11.8 Å². The molecule has 106 valence electrons. The molecule has 0 aliphatic rings. The number of benzene rings is 2. The summed E-state index contributed by atoms with van der Waals surface area (Å²) in [7, 11) is 0. The number of nitrogens with one attached hydrogen (secondary N) is 1. The van der Waals surface area contributed by atoms with Crippen LogP contribution in [-0.4, -0.2) is 5.11 Å². The molecule has 0 aliphatic heterocycles. The molecule has 0 saturated carbocycles. The summed E-state index contributed by atoms with van der Waals surface area (Å²) in [5.74, 6) is -0.862. The van der Waals surface area contributed by atoms with E-state index in [1.54, 1.807) is 0 Å². The summed E-state index contributed by atoms with van der Waals surface area (Å²) >= 11 is 0. The van der Waals surface area contributed by atoms with Crippen molar-refractivity contribution in [2.45, 2.75) is 12.7 Å². The normalized spacial score (nSPS) is 11.4. The molecule has 0 atom stereocenters. The van der Waals surface area contributed by atoms with Gasteiger partial charge in [-0.15, -0.1) is 0 Å². The molecule has 0 bridgehead atoms. The zero-order valence-electron chi connectivity index (χ0n) is 10.2. The van der Waals surface area contributed by atoms with Crippen LogP contribution in [0.5, 0.6) is 5.75 Å². The maximum Gasteiger partial charge on any atom is 0.416 e. The van der Waals surface area contributed by atoms with Crippen LogP contribution in [0.25, 0.3) is 0 Å². The number of rotatable bonds is 3. The molecule has 0 unspecified atom stereocenters. The number of hydrogen-bond donors (Lipinski definition) is 2. The van der Waals surface area contributed by atoms with Gasteiger partial charge >= 0.3 is 6.18 Å². The number of phenolic OH excluding ortho intramolecular Hbond substituents is 1. The molecule has 20 heavy (non-hydrogen) atoms. The number of halogens is 4. The third-order valence-corrected chi connectivity index (χ3v) is 2.73. The topological polar surface area (TPSA) is 32.3 Å². The molecule has 0 radical (unpaired) electrons. The van der Waals surface area contributed by atoms with E-state index in [-0.39, 0.29) is 17.9 Å². The Morgan fingerprint density at radius 2 is 1.65 bits per heavy atom. The molecule has 0 fully saturated rings. The summed E-state index contributed by atoms with van der Waals surface area (Å²) in [5.41, 5.74) is -0.490. The molecule has 6 heteroatoms. The smallest absolute Gasteiger partial charge is 0.416 e. The lowest BCUT2D eigenvalue weighted by Crippen LogP contribution is -2.12. The van der Waals surface area contributed by atoms with Crippen LogP contribution in [0.15, 0.2) is 42.5 Å². The zero-order valence-corrected chi connectivity index (χ0v) is 10.2. The summed E-state index contributed by atoms with van der Waals surface area (Å²) in [6, 6.07) is 8.47. The van der Waals surface area contributed by atoms with Crippen molar-refractivity contribution in [1.29, 1.82) is 0 Å². The van der Waals surface area contributed by atoms with Crippen molar-refractivity contribution >= 4 is 5.69 Å². The lowest BCUT2D eigenvalue weighted by molar-refractivity contribution is -0.138. The Morgan fingerprint density at radius 1 is 1.00 bits per heavy atom. The highest BCUT2D eigenvalue weighted by molar-refractivity contribution is 5.47. The molecule has 2 aromatic rings. The molecule has 2 rings (SSSR count). The van der Waals surface area contributed by atoms with E-state index in [1.807, 2.05) is 0 Å². The van der Waals surface area contributed by atoms with Gasteiger partial charge in [0.1, 0.15) is 11.6 Å². The number of alkyl halides is 3. The molecule has 2 N–H and O–H groups in total. The molecular weight excluding hydrogens is 274 g/mol. The Bertz CT molecular complexity index is 593. The van der Waals surface area contributed by atoms with E-state index >= 15 is 0 Å². The fraction of sp³-hybridized carbons (Fsp3) is 0.143. The summed E-state index contributed by atoms with van der Waals surface area (Å²) in [6.07, 6.45) is -4.60. The Hall–Kier alpha value is -2.24. The minimum Gasteiger partial charge on any atom is -0.508 e. The number of aromatic hydroxyl groups is 1. The van der Waals surface area contributed by atoms with E-state index in [1.165, 1.54) is 24.3 Å². The van der Waals surface area contributed by atoms with E-state index < -0.39 is 17.6 Å². The number of hydrogen-bond acceptors (Lipinski definition) is 2. The average molecular weight is 285 g/mol. The van der Waals surface area contributed by atoms with Crippen LogP contribution in [0.4, 0.5) is 23.2 Å². The molecule has 0 amide bonds. The minimum atomic E-state index is -4.60. The van der Waals surface area contributed by atoms with E-state index in [0.717, 1.165) is 12.1 Å². The highest BCUT2D eigenvalue weighted by Gasteiger charge is 2.33. The first-order chi connectivity index (χ1) is 9.36. The standard InChI is InChI=1S/C14H11F4NO/c15-10-2-1-9(13(7-10)14(16,17)18)8-19-11-3-5-12(20)6-4-11/h1-7,19-20H,8H2. The van der Waals surface area contributed by atoms with Crippen LogP contribution in [0.3, 0.4) is 0 Å². The van der Waals surface area contributed by atoms with E-state index in [2.05, 4.69) is 5.32 Å². The first kappa shape index (κ1) is 14.2. The van der Waals surface area contributed by atoms with Gasteiger partial charge in [-0.05, 0) is 42.0 Å². The van der Waals surface area contributed by atoms with Gasteiger partial charge in [0, 0.05) is 12.2 Å². The van der Waals surface area contributed by atoms with Gasteiger partial charge in [-0.2, -0.15) is 13.2 Å². The average Bonchev–Trinajstić information content (AvgIpc) is 2.38. The summed E-state index contributed by atoms with van der Waals surface area (Å²) in [6.45, 7) is -0.0973. The number of anilines is 1. The quantitative estimate of drug-likeness (QED) is 0.655. The Balaban J connectivity index is 2.19. The molecule has 0 aliphatic carbocycles. The van der Waals surface area contributed by atoms with Gasteiger partial charge in [0.15, 0.2) is 0 Å². The van der Waals surface area contributed by atoms with Crippen molar-refractivity contribution in [1.82, 2.24) is 0 Å². The molecule has 0 spiro atoms.